The third-order valence-electron chi connectivity index (χ3n) is 4.30. The fraction of sp³-hybridized carbons (Fsp3) is 0.857. The van der Waals surface area contributed by atoms with Gasteiger partial charge in [-0.1, -0.05) is 0 Å². The van der Waals surface area contributed by atoms with Crippen LogP contribution in [0.3, 0.4) is 0 Å². The minimum absolute atomic E-state index is 0.0350. The molecule has 2 rings (SSSR count). The number of urea groups is 1. The lowest BCUT2D eigenvalue weighted by Crippen LogP contribution is -2.57. The quantitative estimate of drug-likeness (QED) is 0.825. The predicted molar refractivity (Wildman–Crippen MR) is 73.6 cm³/mol. The van der Waals surface area contributed by atoms with Gasteiger partial charge in [0.2, 0.25) is 0 Å². The van der Waals surface area contributed by atoms with Crippen LogP contribution >= 0.6 is 0 Å². The van der Waals surface area contributed by atoms with Crippen molar-refractivity contribution < 1.29 is 19.4 Å². The van der Waals surface area contributed by atoms with Crippen molar-refractivity contribution >= 4 is 12.0 Å². The third kappa shape index (κ3) is 3.85. The molecular weight excluding hydrogens is 260 g/mol. The molecular formula is C14H24N2O4. The monoisotopic (exact) mass is 284 g/mol. The molecule has 0 bridgehead atoms. The summed E-state index contributed by atoms with van der Waals surface area (Å²) in [5.74, 6) is -0.841. The summed E-state index contributed by atoms with van der Waals surface area (Å²) in [4.78, 5) is 25.1. The highest BCUT2D eigenvalue weighted by Crippen LogP contribution is 2.23. The zero-order valence-corrected chi connectivity index (χ0v) is 12.1. The first-order chi connectivity index (χ1) is 9.50. The average Bonchev–Trinajstić information content (AvgIpc) is 2.38. The molecule has 6 nitrogen and oxygen atoms in total. The van der Waals surface area contributed by atoms with Gasteiger partial charge in [0, 0.05) is 31.3 Å². The molecule has 114 valence electrons. The number of carboxylic acids is 1. The van der Waals surface area contributed by atoms with Gasteiger partial charge < -0.3 is 20.1 Å². The van der Waals surface area contributed by atoms with Gasteiger partial charge in [0.25, 0.3) is 0 Å². The lowest BCUT2D eigenvalue weighted by molar-refractivity contribution is -0.138. The maximum atomic E-state index is 12.4. The molecule has 2 aliphatic heterocycles. The van der Waals surface area contributed by atoms with Crippen molar-refractivity contribution in [1.82, 2.24) is 10.2 Å². The molecule has 1 atom stereocenters. The summed E-state index contributed by atoms with van der Waals surface area (Å²) >= 11 is 0. The minimum atomic E-state index is -0.841. The normalized spacial score (nSPS) is 26.1. The molecule has 0 aromatic carbocycles. The second kappa shape index (κ2) is 6.43. The van der Waals surface area contributed by atoms with E-state index in [9.17, 15) is 9.59 Å². The van der Waals surface area contributed by atoms with Gasteiger partial charge in [-0.2, -0.15) is 0 Å². The van der Waals surface area contributed by atoms with E-state index in [0.717, 1.165) is 32.1 Å². The maximum Gasteiger partial charge on any atom is 0.318 e. The van der Waals surface area contributed by atoms with E-state index >= 15 is 0 Å². The van der Waals surface area contributed by atoms with Gasteiger partial charge in [-0.05, 0) is 39.0 Å². The summed E-state index contributed by atoms with van der Waals surface area (Å²) in [7, 11) is 0. The molecule has 0 aromatic rings. The number of carbonyl (C=O) groups is 2. The molecule has 0 spiro atoms. The first-order valence-electron chi connectivity index (χ1n) is 7.38. The van der Waals surface area contributed by atoms with Gasteiger partial charge in [0.1, 0.15) is 0 Å². The maximum absolute atomic E-state index is 12.4. The zero-order valence-electron chi connectivity index (χ0n) is 12.1. The summed E-state index contributed by atoms with van der Waals surface area (Å²) in [6.07, 6.45) is 4.36. The summed E-state index contributed by atoms with van der Waals surface area (Å²) in [5, 5.41) is 12.0. The molecule has 2 fully saturated rings. The molecule has 0 aromatic heterocycles. The van der Waals surface area contributed by atoms with Crippen molar-refractivity contribution in [1.29, 1.82) is 0 Å². The number of ether oxygens (including phenoxy) is 1. The van der Waals surface area contributed by atoms with Crippen LogP contribution in [0.15, 0.2) is 0 Å². The first kappa shape index (κ1) is 15.1. The highest BCUT2D eigenvalue weighted by Gasteiger charge is 2.34. The van der Waals surface area contributed by atoms with E-state index in [0.29, 0.717) is 19.8 Å². The first-order valence-corrected chi connectivity index (χ1v) is 7.38. The van der Waals surface area contributed by atoms with Crippen molar-refractivity contribution in [3.05, 3.63) is 0 Å². The number of rotatable bonds is 3. The largest absolute Gasteiger partial charge is 0.481 e. The van der Waals surface area contributed by atoms with Crippen LogP contribution < -0.4 is 5.32 Å². The zero-order chi connectivity index (χ0) is 14.6. The molecule has 0 saturated carbocycles. The molecule has 0 radical (unpaired) electrons. The number of piperidine rings is 1. The average molecular weight is 284 g/mol. The summed E-state index contributed by atoms with van der Waals surface area (Å²) < 4.78 is 5.32. The number of hydrogen-bond acceptors (Lipinski definition) is 3. The van der Waals surface area contributed by atoms with Crippen LogP contribution in [0.2, 0.25) is 0 Å². The molecule has 2 amide bonds. The number of carbonyl (C=O) groups excluding carboxylic acids is 1. The third-order valence-corrected chi connectivity index (χ3v) is 4.30. The molecule has 1 unspecified atom stereocenters. The molecule has 2 heterocycles. The van der Waals surface area contributed by atoms with Crippen LogP contribution in [0.1, 0.15) is 45.4 Å². The summed E-state index contributed by atoms with van der Waals surface area (Å²) in [6.45, 7) is 4.00. The van der Waals surface area contributed by atoms with Gasteiger partial charge in [-0.25, -0.2) is 4.79 Å². The van der Waals surface area contributed by atoms with Gasteiger partial charge in [-0.3, -0.25) is 4.79 Å². The van der Waals surface area contributed by atoms with Crippen molar-refractivity contribution in [2.75, 3.05) is 19.8 Å². The van der Waals surface area contributed by atoms with Crippen LogP contribution in [-0.2, 0) is 9.53 Å². The Morgan fingerprint density at radius 2 is 2.05 bits per heavy atom. The van der Waals surface area contributed by atoms with Crippen LogP contribution in [0.4, 0.5) is 4.79 Å². The smallest absolute Gasteiger partial charge is 0.318 e. The second-order valence-corrected chi connectivity index (χ2v) is 6.04. The number of hydrogen-bond donors (Lipinski definition) is 2. The Bertz CT molecular complexity index is 366. The molecule has 0 aliphatic carbocycles. The van der Waals surface area contributed by atoms with Crippen LogP contribution in [-0.4, -0.2) is 53.3 Å². The summed E-state index contributed by atoms with van der Waals surface area (Å²) in [6, 6.07) is -0.301. The van der Waals surface area contributed by atoms with Gasteiger partial charge in [-0.15, -0.1) is 0 Å². The van der Waals surface area contributed by atoms with E-state index in [1.807, 2.05) is 6.92 Å². The van der Waals surface area contributed by atoms with Crippen molar-refractivity contribution in [3.63, 3.8) is 0 Å². The molecule has 2 saturated heterocycles. The molecule has 20 heavy (non-hydrogen) atoms. The fourth-order valence-corrected chi connectivity index (χ4v) is 2.96. The topological polar surface area (TPSA) is 78.9 Å². The van der Waals surface area contributed by atoms with E-state index in [2.05, 4.69) is 5.32 Å². The molecule has 2 aliphatic rings. The SMILES string of the molecule is CC1(NC(=O)N2CCCCC2CC(=O)O)CCOCC1. The Labute approximate surface area is 119 Å². The highest BCUT2D eigenvalue weighted by atomic mass is 16.5. The number of amides is 2. The highest BCUT2D eigenvalue weighted by molar-refractivity contribution is 5.77. The van der Waals surface area contributed by atoms with E-state index < -0.39 is 5.97 Å². The van der Waals surface area contributed by atoms with Crippen LogP contribution in [0.5, 0.6) is 0 Å². The standard InChI is InChI=1S/C14H24N2O4/c1-14(5-8-20-9-6-14)15-13(19)16-7-3-2-4-11(16)10-12(17)18/h11H,2-10H2,1H3,(H,15,19)(H,17,18). The summed E-state index contributed by atoms with van der Waals surface area (Å²) in [5.41, 5.74) is -0.236. The van der Waals surface area contributed by atoms with Crippen molar-refractivity contribution in [2.24, 2.45) is 0 Å². The lowest BCUT2D eigenvalue weighted by atomic mass is 9.92. The Morgan fingerprint density at radius 3 is 2.70 bits per heavy atom. The van der Waals surface area contributed by atoms with Crippen molar-refractivity contribution in [3.8, 4) is 0 Å². The van der Waals surface area contributed by atoms with Gasteiger partial charge >= 0.3 is 12.0 Å². The minimum Gasteiger partial charge on any atom is -0.481 e. The number of nitrogens with zero attached hydrogens (tertiary/aromatic N) is 1. The van der Waals surface area contributed by atoms with E-state index in [4.69, 9.17) is 9.84 Å². The Balaban J connectivity index is 1.96. The van der Waals surface area contributed by atoms with Gasteiger partial charge in [0.05, 0.1) is 6.42 Å². The van der Waals surface area contributed by atoms with E-state index in [1.54, 1.807) is 4.90 Å². The number of carboxylic acid groups (broad SMARTS) is 1. The van der Waals surface area contributed by atoms with Crippen molar-refractivity contribution in [2.45, 2.75) is 57.0 Å². The molecule has 6 heteroatoms. The lowest BCUT2D eigenvalue weighted by Gasteiger charge is -2.40. The Hall–Kier alpha value is -1.30. The van der Waals surface area contributed by atoms with Crippen LogP contribution in [0, 0.1) is 0 Å². The molecule has 2 N–H and O–H groups in total. The number of nitrogens with one attached hydrogen (secondary N) is 1. The fourth-order valence-electron chi connectivity index (χ4n) is 2.96. The predicted octanol–water partition coefficient (Wildman–Crippen LogP) is 1.59. The van der Waals surface area contributed by atoms with E-state index in [1.165, 1.54) is 0 Å². The Morgan fingerprint density at radius 1 is 1.35 bits per heavy atom. The number of aliphatic carboxylic acids is 1. The van der Waals surface area contributed by atoms with Gasteiger partial charge in [0.15, 0.2) is 0 Å². The Kier molecular flexibility index (Phi) is 4.86. The van der Waals surface area contributed by atoms with Crippen LogP contribution in [0.25, 0.3) is 0 Å². The second-order valence-electron chi connectivity index (χ2n) is 6.04. The number of likely N-dealkylation sites (tertiary alicyclic amines) is 1. The van der Waals surface area contributed by atoms with E-state index in [-0.39, 0.29) is 24.0 Å².